The first kappa shape index (κ1) is 51.5. The monoisotopic (exact) mass is 1030 g/mol. The molecule has 15 nitrogen and oxygen atoms in total. The molecule has 2 N–H and O–H groups in total. The standard InChI is InChI=1S/C56H65F2N8O7S/c1-37(2)44-7-5-6-8-45(44)51-35-64(34-38-9-12-41(70-4)13-10-38)23-24-66(51)40-30-55(31-40)17-21-65(22-18-55)39-11-14-46(52(27-39)72-42-28-47-48(57)15-16-49(47)59-32-42)54(67)62-73-74(69)43-29-50(63(3)68)53(60-33-43)61-36-56(58)19-25-71-26-20-56/h5-15,27-29,32-33,37,40,51H,16-26,30-31,34-36H2,1-4H3,(H,60,61)(H,62,67)/q-1/t51-,74?/m0/s1. The smallest absolute Gasteiger partial charge is 0.279 e. The maximum Gasteiger partial charge on any atom is 0.279 e. The van der Waals surface area contributed by atoms with Gasteiger partial charge < -0.3 is 34.7 Å². The number of alkyl halides is 1. The number of anilines is 3. The van der Waals surface area contributed by atoms with Crippen molar-refractivity contribution < 1.29 is 36.3 Å². The number of pyridine rings is 2. The highest BCUT2D eigenvalue weighted by molar-refractivity contribution is 7.80. The van der Waals surface area contributed by atoms with Crippen LogP contribution in [-0.4, -0.2) is 108 Å². The molecule has 1 unspecified atom stereocenters. The average molecular weight is 1030 g/mol. The Hall–Kier alpha value is -6.02. The van der Waals surface area contributed by atoms with E-state index in [0.29, 0.717) is 54.0 Å². The second-order valence-corrected chi connectivity index (χ2v) is 21.9. The number of piperidine rings is 1. The molecule has 18 heteroatoms. The van der Waals surface area contributed by atoms with Crippen LogP contribution in [-0.2, 0) is 33.1 Å². The van der Waals surface area contributed by atoms with E-state index >= 15 is 4.39 Å². The molecule has 0 radical (unpaired) electrons. The third-order valence-corrected chi connectivity index (χ3v) is 16.5. The third-order valence-electron chi connectivity index (χ3n) is 15.7. The van der Waals surface area contributed by atoms with Crippen molar-refractivity contribution in [3.05, 3.63) is 136 Å². The predicted octanol–water partition coefficient (Wildman–Crippen LogP) is 9.82. The van der Waals surface area contributed by atoms with E-state index in [2.05, 4.69) is 85.7 Å². The number of carbonyl (C=O) groups excluding carboxylic acids is 1. The van der Waals surface area contributed by atoms with Gasteiger partial charge in [0, 0.05) is 107 Å². The van der Waals surface area contributed by atoms with Crippen molar-refractivity contribution in [1.29, 1.82) is 0 Å². The molecule has 5 aromatic rings. The minimum Gasteiger partial charge on any atom is -0.758 e. The zero-order valence-electron chi connectivity index (χ0n) is 42.5. The molecule has 2 atom stereocenters. The Morgan fingerprint density at radius 2 is 1.73 bits per heavy atom. The Morgan fingerprint density at radius 3 is 2.47 bits per heavy atom. The number of hydrogen-bond donors (Lipinski definition) is 2. The number of halogens is 2. The molecule has 3 aliphatic heterocycles. The van der Waals surface area contributed by atoms with Gasteiger partial charge in [0.1, 0.15) is 34.6 Å². The number of fused-ring (bicyclic) bond motifs is 1. The Labute approximate surface area is 434 Å². The summed E-state index contributed by atoms with van der Waals surface area (Å²) >= 11 is -2.31. The van der Waals surface area contributed by atoms with Gasteiger partial charge in [0.2, 0.25) is 11.1 Å². The van der Waals surface area contributed by atoms with Gasteiger partial charge in [-0.25, -0.2) is 23.5 Å². The summed E-state index contributed by atoms with van der Waals surface area (Å²) in [5.74, 6) is 0.656. The zero-order valence-corrected chi connectivity index (χ0v) is 43.3. The molecule has 392 valence electrons. The van der Waals surface area contributed by atoms with Crippen molar-refractivity contribution in [3.63, 3.8) is 0 Å². The molecule has 2 aromatic heterocycles. The van der Waals surface area contributed by atoms with Crippen LogP contribution in [0.3, 0.4) is 0 Å². The molecule has 4 fully saturated rings. The summed E-state index contributed by atoms with van der Waals surface area (Å²) in [6.45, 7) is 10.6. The van der Waals surface area contributed by atoms with Crippen molar-refractivity contribution in [2.24, 2.45) is 5.41 Å². The van der Waals surface area contributed by atoms with Crippen LogP contribution in [0.15, 0.2) is 102 Å². The number of piperazine rings is 1. The second-order valence-electron chi connectivity index (χ2n) is 20.8. The fourth-order valence-electron chi connectivity index (χ4n) is 11.4. The van der Waals surface area contributed by atoms with Crippen molar-refractivity contribution in [3.8, 4) is 17.2 Å². The minimum atomic E-state index is -2.31. The number of nitrogens with zero attached hydrogens (tertiary/aromatic N) is 6. The van der Waals surface area contributed by atoms with Crippen LogP contribution in [0, 0.1) is 10.6 Å². The van der Waals surface area contributed by atoms with Crippen LogP contribution < -0.4 is 30.2 Å². The molecule has 3 saturated heterocycles. The van der Waals surface area contributed by atoms with Crippen molar-refractivity contribution in [2.75, 3.05) is 81.9 Å². The minimum absolute atomic E-state index is 0.00942. The van der Waals surface area contributed by atoms with Gasteiger partial charge >= 0.3 is 0 Å². The normalized spacial score (nSPS) is 20.1. The van der Waals surface area contributed by atoms with Crippen LogP contribution in [0.25, 0.3) is 5.83 Å². The zero-order chi connectivity index (χ0) is 51.6. The van der Waals surface area contributed by atoms with Crippen LogP contribution in [0.1, 0.15) is 103 Å². The van der Waals surface area contributed by atoms with Crippen LogP contribution in [0.2, 0.25) is 0 Å². The Morgan fingerprint density at radius 1 is 0.959 bits per heavy atom. The molecule has 0 bridgehead atoms. The summed E-state index contributed by atoms with van der Waals surface area (Å²) in [6.07, 6.45) is 9.32. The maximum atomic E-state index is 15.3. The molecule has 1 spiro atoms. The first-order chi connectivity index (χ1) is 35.8. The number of rotatable bonds is 17. The number of hydroxylamine groups is 2. The third kappa shape index (κ3) is 11.3. The molecule has 2 aliphatic carbocycles. The van der Waals surface area contributed by atoms with Gasteiger partial charge in [-0.3, -0.25) is 19.6 Å². The summed E-state index contributed by atoms with van der Waals surface area (Å²) in [5.41, 5.74) is 6.99. The lowest BCUT2D eigenvalue weighted by atomic mass is 9.59. The first-order valence-corrected chi connectivity index (χ1v) is 26.8. The largest absolute Gasteiger partial charge is 0.758 e. The van der Waals surface area contributed by atoms with E-state index in [-0.39, 0.29) is 64.1 Å². The number of allylic oxidation sites excluding steroid dienone is 1. The quantitative estimate of drug-likeness (QED) is 0.0849. The second kappa shape index (κ2) is 22.1. The maximum absolute atomic E-state index is 15.3. The van der Waals surface area contributed by atoms with Gasteiger partial charge in [-0.2, -0.15) is 4.28 Å². The lowest BCUT2D eigenvalue weighted by Crippen LogP contribution is -2.60. The fraction of sp³-hybridized carbons (Fsp3) is 0.446. The summed E-state index contributed by atoms with van der Waals surface area (Å²) < 4.78 is 65.9. The highest BCUT2D eigenvalue weighted by Gasteiger charge is 2.50. The van der Waals surface area contributed by atoms with E-state index in [9.17, 15) is 18.6 Å². The van der Waals surface area contributed by atoms with Crippen molar-refractivity contribution in [1.82, 2.24) is 25.2 Å². The van der Waals surface area contributed by atoms with Gasteiger partial charge in [0.15, 0.2) is 0 Å². The molecular formula is C56H65F2N8O7S-. The first-order valence-electron chi connectivity index (χ1n) is 25.7. The molecule has 1 saturated carbocycles. The number of aromatic nitrogens is 2. The van der Waals surface area contributed by atoms with Crippen LogP contribution >= 0.6 is 0 Å². The number of methoxy groups -OCH3 is 1. The van der Waals surface area contributed by atoms with Gasteiger partial charge in [0.25, 0.3) is 5.91 Å². The summed E-state index contributed by atoms with van der Waals surface area (Å²) in [5, 5.41) is 16.0. The number of hydrogen-bond acceptors (Lipinski definition) is 14. The number of nitrogens with one attached hydrogen (secondary N) is 2. The van der Waals surface area contributed by atoms with Gasteiger partial charge in [-0.1, -0.05) is 50.2 Å². The Bertz CT molecular complexity index is 2870. The molecule has 74 heavy (non-hydrogen) atoms. The summed E-state index contributed by atoms with van der Waals surface area (Å²) in [4.78, 5) is 30.3. The number of carbonyl (C=O) groups is 1. The van der Waals surface area contributed by atoms with E-state index in [1.807, 2.05) is 18.2 Å². The highest BCUT2D eigenvalue weighted by Crippen LogP contribution is 2.53. The fourth-order valence-corrected chi connectivity index (χ4v) is 12.0. The molecule has 1 amide bonds. The van der Waals surface area contributed by atoms with Gasteiger partial charge in [-0.05, 0) is 103 Å². The molecule has 10 rings (SSSR count). The van der Waals surface area contributed by atoms with Crippen molar-refractivity contribution in [2.45, 2.75) is 93.9 Å². The highest BCUT2D eigenvalue weighted by atomic mass is 32.2. The van der Waals surface area contributed by atoms with E-state index in [1.165, 1.54) is 48.3 Å². The topological polar surface area (TPSA) is 157 Å². The van der Waals surface area contributed by atoms with E-state index in [1.54, 1.807) is 25.3 Å². The number of ether oxygens (including phenoxy) is 3. The van der Waals surface area contributed by atoms with Crippen LogP contribution in [0.4, 0.5) is 26.0 Å². The number of benzene rings is 3. The van der Waals surface area contributed by atoms with Crippen molar-refractivity contribution >= 4 is 40.0 Å². The van der Waals surface area contributed by atoms with E-state index in [0.717, 1.165) is 76.4 Å². The van der Waals surface area contributed by atoms with Gasteiger partial charge in [-0.15, -0.1) is 0 Å². The molecule has 5 aliphatic rings. The lowest BCUT2D eigenvalue weighted by Gasteiger charge is -2.58. The molecule has 5 heterocycles. The van der Waals surface area contributed by atoms with E-state index in [4.69, 9.17) is 18.5 Å². The average Bonchev–Trinajstić information content (AvgIpc) is 3.78. The van der Waals surface area contributed by atoms with Crippen LogP contribution in [0.5, 0.6) is 17.2 Å². The lowest BCUT2D eigenvalue weighted by molar-refractivity contribution is -0.0628. The number of amides is 1. The predicted molar refractivity (Wildman–Crippen MR) is 282 cm³/mol. The van der Waals surface area contributed by atoms with E-state index < -0.39 is 22.7 Å². The SMILES string of the molecule is COc1ccc(CN2CCN(C3CC4(CCN(c5ccc(C(=O)NOS(=O)c6cnc(NCC7(F)CCOCC7)c(N(C)[O-])c6)c(Oc6cnc7c(c6)C(F)=CC7)c5)CC4)C3)[C@H](c3ccccc3C(C)C)C2)cc1. The Kier molecular flexibility index (Phi) is 15.3. The Balaban J connectivity index is 0.812. The molecule has 3 aromatic carbocycles. The summed E-state index contributed by atoms with van der Waals surface area (Å²) in [7, 11) is 2.94. The summed E-state index contributed by atoms with van der Waals surface area (Å²) in [6, 6.07) is 26.4. The van der Waals surface area contributed by atoms with Gasteiger partial charge in [0.05, 0.1) is 41.7 Å². The molecular weight excluding hydrogens is 967 g/mol.